The fourth-order valence-corrected chi connectivity index (χ4v) is 4.27. The highest BCUT2D eigenvalue weighted by Crippen LogP contribution is 2.32. The smallest absolute Gasteiger partial charge is 0.338 e. The highest BCUT2D eigenvalue weighted by atomic mass is 16.5. The lowest BCUT2D eigenvalue weighted by Gasteiger charge is -2.18. The third-order valence-electron chi connectivity index (χ3n) is 5.69. The zero-order valence-electron chi connectivity index (χ0n) is 16.1. The Balaban J connectivity index is 1.45. The number of ether oxygens (including phenoxy) is 1. The summed E-state index contributed by atoms with van der Waals surface area (Å²) in [6.45, 7) is 1.64. The molecule has 4 aromatic rings. The number of hydrogen-bond acceptors (Lipinski definition) is 4. The van der Waals surface area contributed by atoms with Gasteiger partial charge in [-0.25, -0.2) is 9.78 Å². The molecule has 146 valence electrons. The molecule has 0 spiro atoms. The number of carbonyl (C=O) groups is 2. The van der Waals surface area contributed by atoms with E-state index in [-0.39, 0.29) is 5.91 Å². The maximum Gasteiger partial charge on any atom is 0.338 e. The number of aromatic nitrogens is 3. The third kappa shape index (κ3) is 2.92. The number of aromatic amines is 1. The van der Waals surface area contributed by atoms with Crippen molar-refractivity contribution in [1.29, 1.82) is 0 Å². The molecule has 2 aromatic carbocycles. The number of carbonyl (C=O) groups excluding carboxylic acids is 2. The number of rotatable bonds is 3. The van der Waals surface area contributed by atoms with Gasteiger partial charge in [-0.3, -0.25) is 9.36 Å². The number of fused-ring (bicyclic) bond motifs is 4. The SMILES string of the molecule is CC(OC(=O)c1ccc2nc[nH]c2c1)C(=O)n1c2c(c3ccccc31)CCCC2. The molecule has 29 heavy (non-hydrogen) atoms. The third-order valence-corrected chi connectivity index (χ3v) is 5.69. The Kier molecular flexibility index (Phi) is 4.19. The van der Waals surface area contributed by atoms with Crippen molar-refractivity contribution in [1.82, 2.24) is 14.5 Å². The Bertz CT molecular complexity index is 1250. The van der Waals surface area contributed by atoms with Gasteiger partial charge in [-0.2, -0.15) is 0 Å². The van der Waals surface area contributed by atoms with Gasteiger partial charge in [-0.1, -0.05) is 18.2 Å². The van der Waals surface area contributed by atoms with Gasteiger partial charge in [-0.05, 0) is 62.4 Å². The van der Waals surface area contributed by atoms with Gasteiger partial charge >= 0.3 is 5.97 Å². The topological polar surface area (TPSA) is 77.0 Å². The summed E-state index contributed by atoms with van der Waals surface area (Å²) >= 11 is 0. The predicted molar refractivity (Wildman–Crippen MR) is 110 cm³/mol. The van der Waals surface area contributed by atoms with Crippen LogP contribution in [0.15, 0.2) is 48.8 Å². The summed E-state index contributed by atoms with van der Waals surface area (Å²) in [5.74, 6) is -0.729. The monoisotopic (exact) mass is 387 g/mol. The van der Waals surface area contributed by atoms with Crippen molar-refractivity contribution in [2.24, 2.45) is 0 Å². The molecule has 2 heterocycles. The molecule has 1 aliphatic rings. The molecule has 6 nitrogen and oxygen atoms in total. The van der Waals surface area contributed by atoms with Crippen LogP contribution in [0.2, 0.25) is 0 Å². The molecule has 6 heteroatoms. The van der Waals surface area contributed by atoms with Crippen molar-refractivity contribution in [3.63, 3.8) is 0 Å². The van der Waals surface area contributed by atoms with Crippen molar-refractivity contribution in [3.05, 3.63) is 65.6 Å². The van der Waals surface area contributed by atoms with Crippen LogP contribution in [0.1, 0.15) is 46.2 Å². The lowest BCUT2D eigenvalue weighted by molar-refractivity contribution is 0.0285. The molecule has 0 radical (unpaired) electrons. The van der Waals surface area contributed by atoms with E-state index in [4.69, 9.17) is 4.74 Å². The van der Waals surface area contributed by atoms with E-state index < -0.39 is 12.1 Å². The second-order valence-corrected chi connectivity index (χ2v) is 7.51. The van der Waals surface area contributed by atoms with Crippen molar-refractivity contribution in [2.45, 2.75) is 38.7 Å². The molecule has 0 fully saturated rings. The quantitative estimate of drug-likeness (QED) is 0.532. The van der Waals surface area contributed by atoms with E-state index in [2.05, 4.69) is 16.0 Å². The summed E-state index contributed by atoms with van der Waals surface area (Å²) in [5, 5.41) is 1.12. The zero-order chi connectivity index (χ0) is 20.0. The average Bonchev–Trinajstić information content (AvgIpc) is 3.35. The number of para-hydroxylation sites is 1. The van der Waals surface area contributed by atoms with Gasteiger partial charge in [0.2, 0.25) is 0 Å². The van der Waals surface area contributed by atoms with Crippen molar-refractivity contribution >= 4 is 33.8 Å². The minimum Gasteiger partial charge on any atom is -0.449 e. The van der Waals surface area contributed by atoms with E-state index in [9.17, 15) is 9.59 Å². The lowest BCUT2D eigenvalue weighted by atomic mass is 9.95. The molecule has 0 amide bonds. The number of nitrogens with zero attached hydrogens (tertiary/aromatic N) is 2. The van der Waals surface area contributed by atoms with E-state index in [1.165, 1.54) is 5.56 Å². The molecular formula is C23H21N3O3. The summed E-state index contributed by atoms with van der Waals surface area (Å²) < 4.78 is 7.31. The van der Waals surface area contributed by atoms with Gasteiger partial charge in [0.05, 0.1) is 28.4 Å². The largest absolute Gasteiger partial charge is 0.449 e. The van der Waals surface area contributed by atoms with Crippen LogP contribution in [0.5, 0.6) is 0 Å². The fraction of sp³-hybridized carbons (Fsp3) is 0.261. The number of hydrogen-bond donors (Lipinski definition) is 1. The fourth-order valence-electron chi connectivity index (χ4n) is 4.27. The molecule has 5 rings (SSSR count). The second kappa shape index (κ2) is 6.88. The van der Waals surface area contributed by atoms with Crippen LogP contribution in [0.3, 0.4) is 0 Å². The molecule has 0 aliphatic heterocycles. The molecule has 1 N–H and O–H groups in total. The first-order valence-electron chi connectivity index (χ1n) is 9.93. The van der Waals surface area contributed by atoms with Crippen LogP contribution in [-0.4, -0.2) is 32.5 Å². The molecule has 1 aliphatic carbocycles. The van der Waals surface area contributed by atoms with Crippen LogP contribution < -0.4 is 0 Å². The number of imidazole rings is 1. The van der Waals surface area contributed by atoms with Crippen molar-refractivity contribution in [2.75, 3.05) is 0 Å². The van der Waals surface area contributed by atoms with Gasteiger partial charge in [0, 0.05) is 11.1 Å². The van der Waals surface area contributed by atoms with Crippen LogP contribution in [0.25, 0.3) is 21.9 Å². The molecule has 0 saturated carbocycles. The summed E-state index contributed by atoms with van der Waals surface area (Å²) in [7, 11) is 0. The maximum atomic E-state index is 13.3. The van der Waals surface area contributed by atoms with Gasteiger partial charge in [-0.15, -0.1) is 0 Å². The molecule has 0 bridgehead atoms. The van der Waals surface area contributed by atoms with Crippen molar-refractivity contribution < 1.29 is 14.3 Å². The predicted octanol–water partition coefficient (Wildman–Crippen LogP) is 4.28. The zero-order valence-corrected chi connectivity index (χ0v) is 16.1. The first-order chi connectivity index (χ1) is 14.1. The number of esters is 1. The van der Waals surface area contributed by atoms with E-state index in [1.54, 1.807) is 36.0 Å². The second-order valence-electron chi connectivity index (χ2n) is 7.51. The normalized spacial score (nSPS) is 14.7. The number of H-pyrrole nitrogens is 1. The lowest BCUT2D eigenvalue weighted by Crippen LogP contribution is -2.30. The summed E-state index contributed by atoms with van der Waals surface area (Å²) in [6, 6.07) is 13.1. The molecule has 1 unspecified atom stereocenters. The highest BCUT2D eigenvalue weighted by molar-refractivity contribution is 6.00. The Hall–Kier alpha value is -3.41. The molecule has 2 aromatic heterocycles. The van der Waals surface area contributed by atoms with Gasteiger partial charge in [0.15, 0.2) is 6.10 Å². The summed E-state index contributed by atoms with van der Waals surface area (Å²) in [6.07, 6.45) is 4.74. The van der Waals surface area contributed by atoms with E-state index in [1.807, 2.05) is 18.2 Å². The van der Waals surface area contributed by atoms with Gasteiger partial charge < -0.3 is 9.72 Å². The Morgan fingerprint density at radius 2 is 1.97 bits per heavy atom. The highest BCUT2D eigenvalue weighted by Gasteiger charge is 2.28. The number of aryl methyl sites for hydroxylation is 1. The van der Waals surface area contributed by atoms with Crippen LogP contribution in [-0.2, 0) is 17.6 Å². The first kappa shape index (κ1) is 17.7. The molecular weight excluding hydrogens is 366 g/mol. The van der Waals surface area contributed by atoms with Crippen molar-refractivity contribution in [3.8, 4) is 0 Å². The van der Waals surface area contributed by atoms with Gasteiger partial charge in [0.25, 0.3) is 5.91 Å². The summed E-state index contributed by atoms with van der Waals surface area (Å²) in [5.41, 5.74) is 5.12. The molecule has 1 atom stereocenters. The first-order valence-corrected chi connectivity index (χ1v) is 9.93. The minimum atomic E-state index is -0.887. The summed E-state index contributed by atoms with van der Waals surface area (Å²) in [4.78, 5) is 33.1. The minimum absolute atomic E-state index is 0.208. The maximum absolute atomic E-state index is 13.3. The van der Waals surface area contributed by atoms with E-state index >= 15 is 0 Å². The average molecular weight is 387 g/mol. The Labute approximate surface area is 167 Å². The van der Waals surface area contributed by atoms with E-state index in [0.717, 1.165) is 53.3 Å². The number of nitrogens with one attached hydrogen (secondary N) is 1. The van der Waals surface area contributed by atoms with Crippen LogP contribution >= 0.6 is 0 Å². The van der Waals surface area contributed by atoms with Crippen LogP contribution in [0.4, 0.5) is 0 Å². The standard InChI is InChI=1S/C23H21N3O3/c1-14(29-23(28)15-10-11-18-19(12-15)25-13-24-18)22(27)26-20-8-4-2-6-16(20)17-7-3-5-9-21(17)26/h2,4,6,8,10-14H,3,5,7,9H2,1H3,(H,24,25). The number of benzene rings is 2. The van der Waals surface area contributed by atoms with Crippen LogP contribution in [0, 0.1) is 0 Å². The van der Waals surface area contributed by atoms with Gasteiger partial charge in [0.1, 0.15) is 0 Å². The van der Waals surface area contributed by atoms with E-state index in [0.29, 0.717) is 5.56 Å². The molecule has 0 saturated heterocycles. The Morgan fingerprint density at radius 3 is 2.86 bits per heavy atom. The Morgan fingerprint density at radius 1 is 1.14 bits per heavy atom.